The summed E-state index contributed by atoms with van der Waals surface area (Å²) in [5.41, 5.74) is 3.17. The van der Waals surface area contributed by atoms with Crippen molar-refractivity contribution >= 4 is 34.9 Å². The van der Waals surface area contributed by atoms with Gasteiger partial charge < -0.3 is 20.7 Å². The Balaban J connectivity index is 1.50. The number of anilines is 5. The van der Waals surface area contributed by atoms with E-state index in [1.807, 2.05) is 56.2 Å². The van der Waals surface area contributed by atoms with Crippen molar-refractivity contribution in [2.75, 3.05) is 29.7 Å². The van der Waals surface area contributed by atoms with E-state index in [1.54, 1.807) is 24.2 Å². The van der Waals surface area contributed by atoms with Crippen LogP contribution in [0, 0.1) is 5.82 Å². The quantitative estimate of drug-likeness (QED) is 0.511. The van der Waals surface area contributed by atoms with Crippen molar-refractivity contribution in [1.82, 2.24) is 20.3 Å². The van der Waals surface area contributed by atoms with Crippen LogP contribution in [0.25, 0.3) is 0 Å². The van der Waals surface area contributed by atoms with Crippen LogP contribution < -0.4 is 25.7 Å². The number of benzene rings is 2. The number of nitrogens with zero attached hydrogens (tertiary/aromatic N) is 4. The average molecular weight is 452 g/mol. The lowest BCUT2D eigenvalue weighted by Gasteiger charge is -2.23. The van der Waals surface area contributed by atoms with Gasteiger partial charge in [-0.15, -0.1) is 0 Å². The fourth-order valence-corrected chi connectivity index (χ4v) is 3.54. The van der Waals surface area contributed by atoms with Gasteiger partial charge in [-0.05, 0) is 61.9 Å². The molecule has 1 aliphatic rings. The van der Waals surface area contributed by atoms with E-state index in [1.165, 1.54) is 0 Å². The number of rotatable bonds is 6. The number of carbonyl (C=O) groups excluding carboxylic acids is 1. The van der Waals surface area contributed by atoms with Crippen molar-refractivity contribution in [3.05, 3.63) is 60.0 Å². The molecule has 2 aromatic carbocycles. The molecule has 33 heavy (non-hydrogen) atoms. The summed E-state index contributed by atoms with van der Waals surface area (Å²) in [6.07, 6.45) is 1.19. The summed E-state index contributed by atoms with van der Waals surface area (Å²) in [6, 6.07) is 12.6. The lowest BCUT2D eigenvalue weighted by molar-refractivity contribution is 0.228. The summed E-state index contributed by atoms with van der Waals surface area (Å²) >= 11 is 0. The van der Waals surface area contributed by atoms with Gasteiger partial charge in [0.1, 0.15) is 5.75 Å². The lowest BCUT2D eigenvalue weighted by atomic mass is 10.1. The van der Waals surface area contributed by atoms with Gasteiger partial charge in [0.15, 0.2) is 11.6 Å². The van der Waals surface area contributed by atoms with Crippen LogP contribution in [0.15, 0.2) is 48.7 Å². The Kier molecular flexibility index (Phi) is 6.27. The predicted molar refractivity (Wildman–Crippen MR) is 126 cm³/mol. The molecule has 0 bridgehead atoms. The van der Waals surface area contributed by atoms with E-state index in [-0.39, 0.29) is 23.9 Å². The highest BCUT2D eigenvalue weighted by molar-refractivity contribution is 5.93. The van der Waals surface area contributed by atoms with Crippen molar-refractivity contribution in [3.63, 3.8) is 0 Å². The Morgan fingerprint density at radius 1 is 1.12 bits per heavy atom. The normalized spacial score (nSPS) is 13.1. The summed E-state index contributed by atoms with van der Waals surface area (Å²) in [5, 5.41) is 12.1. The molecule has 4 rings (SSSR count). The molecule has 10 heteroatoms. The number of hydrogen-bond acceptors (Lipinski definition) is 7. The van der Waals surface area contributed by atoms with E-state index in [0.29, 0.717) is 12.2 Å². The molecule has 0 fully saturated rings. The standard InChI is InChI=1S/C23H26FN7O2/c1-14(2)33-18-8-5-16(6-9-18)27-21-19(24)12-26-22(29-21)28-17-7-10-20-15(11-17)13-30(4)31(20)23(32)25-3/h5-12,14H,13H2,1-4H3,(H,25,32)(H2,26,27,28,29). The molecular weight excluding hydrogens is 425 g/mol. The largest absolute Gasteiger partial charge is 0.491 e. The minimum absolute atomic E-state index is 0.0525. The van der Waals surface area contributed by atoms with E-state index in [9.17, 15) is 9.18 Å². The lowest BCUT2D eigenvalue weighted by Crippen LogP contribution is -2.44. The molecule has 0 aliphatic carbocycles. The zero-order valence-corrected chi connectivity index (χ0v) is 18.9. The van der Waals surface area contributed by atoms with Crippen LogP contribution >= 0.6 is 0 Å². The Hall–Kier alpha value is -3.92. The molecule has 1 aromatic heterocycles. The monoisotopic (exact) mass is 451 g/mol. The fourth-order valence-electron chi connectivity index (χ4n) is 3.54. The minimum atomic E-state index is -0.570. The highest BCUT2D eigenvalue weighted by atomic mass is 19.1. The van der Waals surface area contributed by atoms with Crippen LogP contribution in [-0.4, -0.2) is 41.2 Å². The molecule has 0 atom stereocenters. The van der Waals surface area contributed by atoms with Crippen LogP contribution in [0.3, 0.4) is 0 Å². The molecule has 172 valence electrons. The zero-order valence-electron chi connectivity index (χ0n) is 18.9. The van der Waals surface area contributed by atoms with Gasteiger partial charge in [0.2, 0.25) is 5.95 Å². The topological polar surface area (TPSA) is 94.7 Å². The maximum atomic E-state index is 14.3. The van der Waals surface area contributed by atoms with Crippen molar-refractivity contribution in [2.24, 2.45) is 0 Å². The van der Waals surface area contributed by atoms with Gasteiger partial charge >= 0.3 is 6.03 Å². The Morgan fingerprint density at radius 3 is 2.55 bits per heavy atom. The molecule has 3 aromatic rings. The average Bonchev–Trinajstić information content (AvgIpc) is 3.11. The summed E-state index contributed by atoms with van der Waals surface area (Å²) in [4.78, 5) is 20.5. The molecule has 0 saturated carbocycles. The molecule has 0 radical (unpaired) electrons. The van der Waals surface area contributed by atoms with Crippen molar-refractivity contribution in [2.45, 2.75) is 26.5 Å². The highest BCUT2D eigenvalue weighted by Gasteiger charge is 2.29. The van der Waals surface area contributed by atoms with Crippen LogP contribution in [0.1, 0.15) is 19.4 Å². The summed E-state index contributed by atoms with van der Waals surface area (Å²) in [6.45, 7) is 4.48. The molecule has 3 N–H and O–H groups in total. The first-order valence-electron chi connectivity index (χ1n) is 10.5. The van der Waals surface area contributed by atoms with E-state index in [4.69, 9.17) is 4.74 Å². The van der Waals surface area contributed by atoms with Gasteiger partial charge in [0.25, 0.3) is 0 Å². The maximum absolute atomic E-state index is 14.3. The van der Waals surface area contributed by atoms with Crippen LogP contribution in [-0.2, 0) is 6.54 Å². The van der Waals surface area contributed by atoms with Crippen molar-refractivity contribution in [3.8, 4) is 5.75 Å². The number of carbonyl (C=O) groups is 1. The minimum Gasteiger partial charge on any atom is -0.491 e. The molecule has 0 unspecified atom stereocenters. The SMILES string of the molecule is CNC(=O)N1c2ccc(Nc3ncc(F)c(Nc4ccc(OC(C)C)cc4)n3)cc2CN1C. The molecule has 0 spiro atoms. The number of ether oxygens (including phenoxy) is 1. The number of aromatic nitrogens is 2. The number of urea groups is 1. The highest BCUT2D eigenvalue weighted by Crippen LogP contribution is 2.33. The second-order valence-electron chi connectivity index (χ2n) is 7.86. The number of amides is 2. The van der Waals surface area contributed by atoms with Gasteiger partial charge in [-0.3, -0.25) is 0 Å². The Labute approximate surface area is 191 Å². The number of hydrazine groups is 1. The van der Waals surface area contributed by atoms with Crippen molar-refractivity contribution in [1.29, 1.82) is 0 Å². The molecule has 0 saturated heterocycles. The first-order valence-corrected chi connectivity index (χ1v) is 10.5. The predicted octanol–water partition coefficient (Wildman–Crippen LogP) is 4.40. The number of hydrogen-bond donors (Lipinski definition) is 3. The van der Waals surface area contributed by atoms with Gasteiger partial charge in [-0.25, -0.2) is 24.2 Å². The Bertz CT molecular complexity index is 1150. The van der Waals surface area contributed by atoms with E-state index >= 15 is 0 Å². The van der Waals surface area contributed by atoms with Gasteiger partial charge in [0, 0.05) is 32.0 Å². The fraction of sp³-hybridized carbons (Fsp3) is 0.261. The van der Waals surface area contributed by atoms with E-state index in [2.05, 4.69) is 25.9 Å². The van der Waals surface area contributed by atoms with E-state index in [0.717, 1.165) is 28.9 Å². The Morgan fingerprint density at radius 2 is 1.85 bits per heavy atom. The number of fused-ring (bicyclic) bond motifs is 1. The van der Waals surface area contributed by atoms with Gasteiger partial charge in [-0.1, -0.05) is 0 Å². The zero-order chi connectivity index (χ0) is 23.5. The summed E-state index contributed by atoms with van der Waals surface area (Å²) in [7, 11) is 3.43. The first-order chi connectivity index (χ1) is 15.8. The van der Waals surface area contributed by atoms with Gasteiger partial charge in [0.05, 0.1) is 18.0 Å². The van der Waals surface area contributed by atoms with E-state index < -0.39 is 5.82 Å². The second-order valence-corrected chi connectivity index (χ2v) is 7.86. The molecule has 1 aliphatic heterocycles. The molecular formula is C23H26FN7O2. The van der Waals surface area contributed by atoms with Crippen LogP contribution in [0.4, 0.5) is 38.0 Å². The van der Waals surface area contributed by atoms with Crippen molar-refractivity contribution < 1.29 is 13.9 Å². The number of nitrogens with one attached hydrogen (secondary N) is 3. The third-order valence-electron chi connectivity index (χ3n) is 4.94. The first kappa shape index (κ1) is 22.3. The number of halogens is 1. The molecule has 9 nitrogen and oxygen atoms in total. The van der Waals surface area contributed by atoms with Crippen LogP contribution in [0.2, 0.25) is 0 Å². The van der Waals surface area contributed by atoms with Crippen LogP contribution in [0.5, 0.6) is 5.75 Å². The van der Waals surface area contributed by atoms with Gasteiger partial charge in [-0.2, -0.15) is 4.98 Å². The third-order valence-corrected chi connectivity index (χ3v) is 4.94. The maximum Gasteiger partial charge on any atom is 0.336 e. The smallest absolute Gasteiger partial charge is 0.336 e. The third kappa shape index (κ3) is 4.96. The molecule has 2 heterocycles. The molecule has 2 amide bonds. The summed E-state index contributed by atoms with van der Waals surface area (Å²) in [5.74, 6) is 0.461. The summed E-state index contributed by atoms with van der Waals surface area (Å²) < 4.78 is 20.0. The second kappa shape index (κ2) is 9.29.